The minimum absolute atomic E-state index is 0.302. The first kappa shape index (κ1) is 25.3. The Balaban J connectivity index is 1.38. The average Bonchev–Trinajstić information content (AvgIpc) is 3.35. The first-order valence-electron chi connectivity index (χ1n) is 12.8. The lowest BCUT2D eigenvalue weighted by atomic mass is 10.0. The molecule has 0 N–H and O–H groups in total. The second-order valence-electron chi connectivity index (χ2n) is 10.4. The van der Waals surface area contributed by atoms with Gasteiger partial charge in [0.25, 0.3) is 0 Å². The first-order chi connectivity index (χ1) is 18.3. The molecule has 2 heterocycles. The molecule has 0 spiro atoms. The lowest BCUT2D eigenvalue weighted by Crippen LogP contribution is -2.33. The molecule has 1 aromatic heterocycles. The number of benzene rings is 3. The molecule has 0 bridgehead atoms. The second-order valence-corrected chi connectivity index (χ2v) is 10.4. The topological polar surface area (TPSA) is 60.9 Å². The molecule has 0 saturated carbocycles. The maximum atomic E-state index is 12.6. The number of nitrogens with zero attached hydrogens (tertiary/aromatic N) is 2. The van der Waals surface area contributed by atoms with E-state index >= 15 is 0 Å². The van der Waals surface area contributed by atoms with Gasteiger partial charge in [0.2, 0.25) is 11.8 Å². The van der Waals surface area contributed by atoms with Gasteiger partial charge in [-0.15, -0.1) is 0 Å². The van der Waals surface area contributed by atoms with Crippen molar-refractivity contribution < 1.29 is 19.0 Å². The molecule has 0 aliphatic carbocycles. The molecule has 38 heavy (non-hydrogen) atoms. The molecule has 1 aliphatic heterocycles. The number of carbonyl (C=O) groups excluding carboxylic acids is 1. The van der Waals surface area contributed by atoms with Crippen LogP contribution in [0.3, 0.4) is 0 Å². The van der Waals surface area contributed by atoms with Gasteiger partial charge in [0.15, 0.2) is 0 Å². The number of rotatable bonds is 7. The Morgan fingerprint density at radius 3 is 2.08 bits per heavy atom. The molecule has 0 fully saturated rings. The van der Waals surface area contributed by atoms with Crippen LogP contribution in [0, 0.1) is 0 Å². The van der Waals surface area contributed by atoms with Gasteiger partial charge in [-0.05, 0) is 60.7 Å². The lowest BCUT2D eigenvalue weighted by Gasteiger charge is -2.24. The van der Waals surface area contributed by atoms with Crippen molar-refractivity contribution in [3.05, 3.63) is 113 Å². The summed E-state index contributed by atoms with van der Waals surface area (Å²) in [4.78, 5) is 19.1. The Bertz CT molecular complexity index is 1400. The summed E-state index contributed by atoms with van der Waals surface area (Å²) in [5.41, 5.74) is 5.63. The van der Waals surface area contributed by atoms with E-state index in [-0.39, 0.29) is 6.09 Å². The van der Waals surface area contributed by atoms with Crippen LogP contribution < -0.4 is 9.47 Å². The number of fused-ring (bicyclic) bond motifs is 1. The van der Waals surface area contributed by atoms with Crippen LogP contribution in [-0.4, -0.2) is 21.6 Å². The van der Waals surface area contributed by atoms with Crippen molar-refractivity contribution in [3.63, 3.8) is 0 Å². The fraction of sp³-hybridized carbons (Fsp3) is 0.250. The van der Waals surface area contributed by atoms with Crippen LogP contribution in [0.5, 0.6) is 11.8 Å². The van der Waals surface area contributed by atoms with E-state index in [4.69, 9.17) is 19.2 Å². The predicted octanol–water partition coefficient (Wildman–Crippen LogP) is 7.16. The molecule has 5 rings (SSSR count). The van der Waals surface area contributed by atoms with Crippen LogP contribution in [-0.2, 0) is 31.0 Å². The number of carbonyl (C=O) groups is 1. The Hall–Kier alpha value is -4.32. The van der Waals surface area contributed by atoms with Crippen LogP contribution >= 0.6 is 0 Å². The van der Waals surface area contributed by atoms with Gasteiger partial charge in [0.05, 0.1) is 0 Å². The molecule has 0 radical (unpaired) electrons. The Morgan fingerprint density at radius 2 is 1.42 bits per heavy atom. The predicted molar refractivity (Wildman–Crippen MR) is 147 cm³/mol. The van der Waals surface area contributed by atoms with Gasteiger partial charge in [-0.25, -0.2) is 4.79 Å². The summed E-state index contributed by atoms with van der Waals surface area (Å²) in [5.74, 6) is 0.999. The highest BCUT2D eigenvalue weighted by Gasteiger charge is 2.28. The Morgan fingerprint density at radius 1 is 0.789 bits per heavy atom. The molecular formula is C32H32N2O4. The maximum absolute atomic E-state index is 12.6. The van der Waals surface area contributed by atoms with Gasteiger partial charge < -0.3 is 14.2 Å². The smallest absolute Gasteiger partial charge is 0.410 e. The van der Waals surface area contributed by atoms with E-state index in [1.54, 1.807) is 4.90 Å². The van der Waals surface area contributed by atoms with E-state index in [2.05, 4.69) is 12.1 Å². The zero-order valence-electron chi connectivity index (χ0n) is 22.0. The maximum Gasteiger partial charge on any atom is 0.410 e. The summed E-state index contributed by atoms with van der Waals surface area (Å²) in [6.07, 6.45) is -0.302. The largest absolute Gasteiger partial charge is 0.473 e. The Labute approximate surface area is 223 Å². The van der Waals surface area contributed by atoms with Crippen LogP contribution in [0.4, 0.5) is 4.79 Å². The molecule has 6 nitrogen and oxygen atoms in total. The molecule has 4 aromatic rings. The van der Waals surface area contributed by atoms with Gasteiger partial charge in [-0.3, -0.25) is 4.90 Å². The zero-order chi connectivity index (χ0) is 26.5. The number of pyridine rings is 1. The van der Waals surface area contributed by atoms with Gasteiger partial charge >= 0.3 is 6.09 Å². The Kier molecular flexibility index (Phi) is 7.31. The highest BCUT2D eigenvalue weighted by molar-refractivity contribution is 5.73. The number of amides is 1. The number of hydrogen-bond acceptors (Lipinski definition) is 5. The molecular weight excluding hydrogens is 476 g/mol. The van der Waals surface area contributed by atoms with Crippen molar-refractivity contribution in [1.82, 2.24) is 9.88 Å². The van der Waals surface area contributed by atoms with Crippen molar-refractivity contribution >= 4 is 6.09 Å². The highest BCUT2D eigenvalue weighted by atomic mass is 16.6. The van der Waals surface area contributed by atoms with Crippen LogP contribution in [0.2, 0.25) is 0 Å². The third kappa shape index (κ3) is 6.32. The standard InChI is InChI=1S/C32H32N2O4/c1-32(2,3)38-31(35)34-19-26-15-14-25(18-27(26)20-34)28-16-17-29(36-21-23-10-6-4-7-11-23)33-30(28)37-22-24-12-8-5-9-13-24/h4-18H,19-22H2,1-3H3. The third-order valence-corrected chi connectivity index (χ3v) is 6.17. The molecule has 6 heteroatoms. The van der Waals surface area contributed by atoms with Crippen molar-refractivity contribution in [2.45, 2.75) is 52.7 Å². The van der Waals surface area contributed by atoms with E-state index in [1.165, 1.54) is 0 Å². The second kappa shape index (κ2) is 11.0. The van der Waals surface area contributed by atoms with Gasteiger partial charge in [0, 0.05) is 24.7 Å². The van der Waals surface area contributed by atoms with Crippen molar-refractivity contribution in [2.24, 2.45) is 0 Å². The average molecular weight is 509 g/mol. The first-order valence-corrected chi connectivity index (χ1v) is 12.8. The molecule has 1 aliphatic rings. The number of hydrogen-bond donors (Lipinski definition) is 0. The van der Waals surface area contributed by atoms with Crippen molar-refractivity contribution in [2.75, 3.05) is 0 Å². The molecule has 0 atom stereocenters. The molecule has 194 valence electrons. The number of aromatic nitrogens is 1. The minimum Gasteiger partial charge on any atom is -0.473 e. The molecule has 0 unspecified atom stereocenters. The van der Waals surface area contributed by atoms with Crippen LogP contribution in [0.25, 0.3) is 11.1 Å². The third-order valence-electron chi connectivity index (χ3n) is 6.17. The van der Waals surface area contributed by atoms with E-state index in [9.17, 15) is 4.79 Å². The monoisotopic (exact) mass is 508 g/mol. The molecule has 3 aromatic carbocycles. The zero-order valence-corrected chi connectivity index (χ0v) is 22.0. The van der Waals surface area contributed by atoms with E-state index in [0.717, 1.165) is 33.4 Å². The quantitative estimate of drug-likeness (QED) is 0.265. The van der Waals surface area contributed by atoms with Crippen molar-refractivity contribution in [1.29, 1.82) is 0 Å². The SMILES string of the molecule is CC(C)(C)OC(=O)N1Cc2ccc(-c3ccc(OCc4ccccc4)nc3OCc3ccccc3)cc2C1. The summed E-state index contributed by atoms with van der Waals surface area (Å²) in [6.45, 7) is 7.48. The summed E-state index contributed by atoms with van der Waals surface area (Å²) < 4.78 is 17.8. The summed E-state index contributed by atoms with van der Waals surface area (Å²) in [6, 6.07) is 30.1. The summed E-state index contributed by atoms with van der Waals surface area (Å²) >= 11 is 0. The van der Waals surface area contributed by atoms with Gasteiger partial charge in [-0.1, -0.05) is 72.8 Å². The highest BCUT2D eigenvalue weighted by Crippen LogP contribution is 2.35. The van der Waals surface area contributed by atoms with Crippen LogP contribution in [0.1, 0.15) is 43.0 Å². The van der Waals surface area contributed by atoms with E-state index in [0.29, 0.717) is 38.1 Å². The molecule has 1 amide bonds. The van der Waals surface area contributed by atoms with Crippen molar-refractivity contribution in [3.8, 4) is 22.9 Å². The number of ether oxygens (including phenoxy) is 3. The van der Waals surface area contributed by atoms with Crippen LogP contribution in [0.15, 0.2) is 91.0 Å². The fourth-order valence-corrected chi connectivity index (χ4v) is 4.31. The summed E-state index contributed by atoms with van der Waals surface area (Å²) in [5, 5.41) is 0. The van der Waals surface area contributed by atoms with E-state index in [1.807, 2.05) is 99.6 Å². The fourth-order valence-electron chi connectivity index (χ4n) is 4.31. The van der Waals surface area contributed by atoms with Gasteiger partial charge in [-0.2, -0.15) is 4.98 Å². The van der Waals surface area contributed by atoms with E-state index < -0.39 is 5.60 Å². The summed E-state index contributed by atoms with van der Waals surface area (Å²) in [7, 11) is 0. The normalized spacial score (nSPS) is 12.7. The molecule has 0 saturated heterocycles. The van der Waals surface area contributed by atoms with Gasteiger partial charge in [0.1, 0.15) is 18.8 Å². The lowest BCUT2D eigenvalue weighted by molar-refractivity contribution is 0.0242. The minimum atomic E-state index is -0.530.